The molecule has 0 amide bonds. The fourth-order valence-electron chi connectivity index (χ4n) is 2.73. The number of nitrogens with two attached hydrogens (primary N) is 1. The van der Waals surface area contributed by atoms with Crippen LogP contribution in [0.15, 0.2) is 18.2 Å². The summed E-state index contributed by atoms with van der Waals surface area (Å²) >= 11 is 0. The molecule has 0 unspecified atom stereocenters. The molecule has 2 nitrogen and oxygen atoms in total. The van der Waals surface area contributed by atoms with Crippen LogP contribution in [0, 0.1) is 48.5 Å². The molecule has 112 valence electrons. The van der Waals surface area contributed by atoms with E-state index >= 15 is 0 Å². The average molecular weight is 282 g/mol. The Hall–Kier alpha value is -1.80. The van der Waals surface area contributed by atoms with Crippen molar-refractivity contribution in [3.05, 3.63) is 57.1 Å². The molecule has 0 aliphatic carbocycles. The molecule has 0 aliphatic rings. The van der Waals surface area contributed by atoms with Crippen molar-refractivity contribution >= 4 is 11.4 Å². The summed E-state index contributed by atoms with van der Waals surface area (Å²) in [6.45, 7) is 15.1. The number of anilines is 2. The van der Waals surface area contributed by atoms with E-state index in [0.717, 1.165) is 11.4 Å². The molecule has 21 heavy (non-hydrogen) atoms. The number of nitrogens with zero attached hydrogens (tertiary/aromatic N) is 1. The maximum absolute atomic E-state index is 6.43. The molecule has 0 bridgehead atoms. The van der Waals surface area contributed by atoms with Crippen molar-refractivity contribution in [2.24, 2.45) is 5.84 Å². The van der Waals surface area contributed by atoms with E-state index in [0.29, 0.717) is 0 Å². The van der Waals surface area contributed by atoms with Crippen molar-refractivity contribution < 1.29 is 0 Å². The fourth-order valence-corrected chi connectivity index (χ4v) is 2.73. The molecule has 0 radical (unpaired) electrons. The van der Waals surface area contributed by atoms with E-state index < -0.39 is 0 Å². The largest absolute Gasteiger partial charge is 0.279 e. The van der Waals surface area contributed by atoms with Gasteiger partial charge in [0.1, 0.15) is 0 Å². The summed E-state index contributed by atoms with van der Waals surface area (Å²) in [5.74, 6) is 6.43. The summed E-state index contributed by atoms with van der Waals surface area (Å²) in [6, 6.07) is 6.50. The van der Waals surface area contributed by atoms with Gasteiger partial charge >= 0.3 is 0 Å². The minimum absolute atomic E-state index is 1.04. The Morgan fingerprint density at radius 3 is 1.62 bits per heavy atom. The number of hydrazine groups is 1. The predicted molar refractivity (Wildman–Crippen MR) is 92.4 cm³/mol. The molecule has 0 aliphatic heterocycles. The number of hydrogen-bond donors (Lipinski definition) is 1. The Morgan fingerprint density at radius 2 is 1.10 bits per heavy atom. The average Bonchev–Trinajstić information content (AvgIpc) is 2.45. The second kappa shape index (κ2) is 5.53. The van der Waals surface area contributed by atoms with Crippen molar-refractivity contribution in [2.75, 3.05) is 5.01 Å². The highest BCUT2D eigenvalue weighted by molar-refractivity contribution is 5.69. The molecule has 0 aromatic heterocycles. The molecule has 0 atom stereocenters. The lowest BCUT2D eigenvalue weighted by Gasteiger charge is -2.25. The Balaban J connectivity index is 2.58. The minimum atomic E-state index is 1.04. The summed E-state index contributed by atoms with van der Waals surface area (Å²) in [5, 5.41) is 1.81. The summed E-state index contributed by atoms with van der Waals surface area (Å²) in [5.41, 5.74) is 11.2. The van der Waals surface area contributed by atoms with Gasteiger partial charge in [-0.05, 0) is 106 Å². The van der Waals surface area contributed by atoms with E-state index in [4.69, 9.17) is 5.84 Å². The monoisotopic (exact) mass is 282 g/mol. The van der Waals surface area contributed by atoms with Crippen LogP contribution < -0.4 is 10.9 Å². The molecule has 0 saturated heterocycles. The van der Waals surface area contributed by atoms with Crippen LogP contribution in [0.5, 0.6) is 0 Å². The lowest BCUT2D eigenvalue weighted by molar-refractivity contribution is 1.05. The van der Waals surface area contributed by atoms with Gasteiger partial charge in [-0.25, -0.2) is 5.84 Å². The Kier molecular flexibility index (Phi) is 4.11. The van der Waals surface area contributed by atoms with Gasteiger partial charge in [0.05, 0.1) is 11.4 Å². The van der Waals surface area contributed by atoms with Crippen LogP contribution in [0.3, 0.4) is 0 Å². The van der Waals surface area contributed by atoms with Gasteiger partial charge in [-0.1, -0.05) is 0 Å². The summed E-state index contributed by atoms with van der Waals surface area (Å²) in [4.78, 5) is 0. The first kappa shape index (κ1) is 15.6. The zero-order valence-corrected chi connectivity index (χ0v) is 14.3. The van der Waals surface area contributed by atoms with E-state index in [-0.39, 0.29) is 0 Å². The van der Waals surface area contributed by atoms with Crippen LogP contribution >= 0.6 is 0 Å². The zero-order valence-electron chi connectivity index (χ0n) is 14.3. The van der Waals surface area contributed by atoms with Crippen LogP contribution in [-0.2, 0) is 0 Å². The van der Waals surface area contributed by atoms with Crippen molar-refractivity contribution in [1.82, 2.24) is 0 Å². The van der Waals surface area contributed by atoms with Gasteiger partial charge in [-0.3, -0.25) is 5.01 Å². The van der Waals surface area contributed by atoms with Crippen molar-refractivity contribution in [3.63, 3.8) is 0 Å². The quantitative estimate of drug-likeness (QED) is 0.629. The van der Waals surface area contributed by atoms with Crippen LogP contribution in [0.25, 0.3) is 0 Å². The number of benzene rings is 2. The highest BCUT2D eigenvalue weighted by Crippen LogP contribution is 2.32. The topological polar surface area (TPSA) is 29.3 Å². The second-order valence-corrected chi connectivity index (χ2v) is 6.16. The number of rotatable bonds is 2. The molecular formula is C19H26N2. The minimum Gasteiger partial charge on any atom is -0.279 e. The van der Waals surface area contributed by atoms with E-state index in [1.807, 2.05) is 5.01 Å². The molecule has 2 aromatic rings. The van der Waals surface area contributed by atoms with Crippen LogP contribution in [0.2, 0.25) is 0 Å². The third-order valence-electron chi connectivity index (χ3n) is 4.90. The number of hydrogen-bond acceptors (Lipinski definition) is 2. The van der Waals surface area contributed by atoms with Gasteiger partial charge in [-0.2, -0.15) is 0 Å². The molecule has 2 aromatic carbocycles. The van der Waals surface area contributed by atoms with Crippen molar-refractivity contribution in [1.29, 1.82) is 0 Å². The van der Waals surface area contributed by atoms with Gasteiger partial charge in [0.15, 0.2) is 0 Å². The molecule has 2 heteroatoms. The summed E-state index contributed by atoms with van der Waals surface area (Å²) in [7, 11) is 0. The predicted octanol–water partition coefficient (Wildman–Crippen LogP) is 4.86. The highest BCUT2D eigenvalue weighted by Gasteiger charge is 2.14. The fraction of sp³-hybridized carbons (Fsp3) is 0.368. The van der Waals surface area contributed by atoms with Gasteiger partial charge in [0.25, 0.3) is 0 Å². The first-order chi connectivity index (χ1) is 9.73. The first-order valence-corrected chi connectivity index (χ1v) is 7.44. The highest BCUT2D eigenvalue weighted by atomic mass is 15.4. The van der Waals surface area contributed by atoms with E-state index in [1.165, 1.54) is 38.9 Å². The molecule has 0 heterocycles. The van der Waals surface area contributed by atoms with E-state index in [1.54, 1.807) is 0 Å². The van der Waals surface area contributed by atoms with Crippen LogP contribution in [0.1, 0.15) is 38.9 Å². The van der Waals surface area contributed by atoms with Gasteiger partial charge in [0, 0.05) is 0 Å². The van der Waals surface area contributed by atoms with Crippen molar-refractivity contribution in [2.45, 2.75) is 48.5 Å². The first-order valence-electron chi connectivity index (χ1n) is 7.44. The van der Waals surface area contributed by atoms with Crippen LogP contribution in [0.4, 0.5) is 11.4 Å². The molecular weight excluding hydrogens is 256 g/mol. The summed E-state index contributed by atoms with van der Waals surface area (Å²) < 4.78 is 0. The molecule has 0 fully saturated rings. The van der Waals surface area contributed by atoms with E-state index in [2.05, 4.69) is 66.7 Å². The van der Waals surface area contributed by atoms with E-state index in [9.17, 15) is 0 Å². The van der Waals surface area contributed by atoms with Crippen LogP contribution in [-0.4, -0.2) is 0 Å². The Labute approximate surface area is 128 Å². The standard InChI is InChI=1S/C19H26N2/c1-11-8-18(9-12(2)14(11)4)21(20)19-10-13(3)15(5)16(6)17(19)7/h8-10H,20H2,1-7H3. The van der Waals surface area contributed by atoms with Crippen molar-refractivity contribution in [3.8, 4) is 0 Å². The molecule has 2 N–H and O–H groups in total. The SMILES string of the molecule is Cc1cc(N(N)c2cc(C)c(C)c(C)c2C)cc(C)c1C. The Bertz CT molecular complexity index is 676. The number of aryl methyl sites for hydroxylation is 3. The lowest BCUT2D eigenvalue weighted by Crippen LogP contribution is -2.26. The maximum Gasteiger partial charge on any atom is 0.0609 e. The second-order valence-electron chi connectivity index (χ2n) is 6.16. The molecule has 0 spiro atoms. The van der Waals surface area contributed by atoms with Gasteiger partial charge in [0.2, 0.25) is 0 Å². The Morgan fingerprint density at radius 1 is 0.619 bits per heavy atom. The molecule has 2 rings (SSSR count). The normalized spacial score (nSPS) is 10.9. The smallest absolute Gasteiger partial charge is 0.0609 e. The van der Waals surface area contributed by atoms with Gasteiger partial charge in [-0.15, -0.1) is 0 Å². The summed E-state index contributed by atoms with van der Waals surface area (Å²) in [6.07, 6.45) is 0. The molecule has 0 saturated carbocycles. The third-order valence-corrected chi connectivity index (χ3v) is 4.90. The third kappa shape index (κ3) is 2.68. The lowest BCUT2D eigenvalue weighted by atomic mass is 9.97. The zero-order chi connectivity index (χ0) is 15.9. The maximum atomic E-state index is 6.43. The van der Waals surface area contributed by atoms with Gasteiger partial charge < -0.3 is 0 Å².